The van der Waals surface area contributed by atoms with Crippen LogP contribution in [0.1, 0.15) is 73.1 Å². The molecule has 0 spiro atoms. The second-order valence-electron chi connectivity index (χ2n) is 8.64. The van der Waals surface area contributed by atoms with Crippen LogP contribution in [0.15, 0.2) is 23.0 Å². The lowest BCUT2D eigenvalue weighted by Gasteiger charge is -2.27. The Morgan fingerprint density at radius 2 is 1.76 bits per heavy atom. The maximum absolute atomic E-state index is 13.2. The van der Waals surface area contributed by atoms with Gasteiger partial charge in [0.25, 0.3) is 5.56 Å². The number of aromatic nitrogens is 5. The first-order valence-corrected chi connectivity index (χ1v) is 10.8. The van der Waals surface area contributed by atoms with Crippen LogP contribution in [-0.4, -0.2) is 43.2 Å². The molecule has 152 valence electrons. The highest BCUT2D eigenvalue weighted by Crippen LogP contribution is 2.35. The SMILES string of the molecule is Cc1cc2cc(C(c3nnnn3C3CCCC3)N3CCCC3)c(=O)[nH]c2cc1C. The molecule has 0 amide bonds. The Kier molecular flexibility index (Phi) is 4.70. The monoisotopic (exact) mass is 392 g/mol. The Morgan fingerprint density at radius 3 is 2.52 bits per heavy atom. The number of benzene rings is 1. The van der Waals surface area contributed by atoms with Gasteiger partial charge in [-0.15, -0.1) is 5.10 Å². The summed E-state index contributed by atoms with van der Waals surface area (Å²) >= 11 is 0. The van der Waals surface area contributed by atoms with E-state index < -0.39 is 0 Å². The molecule has 1 aliphatic carbocycles. The zero-order valence-corrected chi connectivity index (χ0v) is 17.2. The van der Waals surface area contributed by atoms with E-state index in [1.54, 1.807) is 0 Å². The Hall–Kier alpha value is -2.54. The predicted octanol–water partition coefficient (Wildman–Crippen LogP) is 3.43. The zero-order chi connectivity index (χ0) is 20.0. The largest absolute Gasteiger partial charge is 0.322 e. The highest BCUT2D eigenvalue weighted by Gasteiger charge is 2.34. The number of nitrogens with one attached hydrogen (secondary N) is 1. The smallest absolute Gasteiger partial charge is 0.253 e. The van der Waals surface area contributed by atoms with Gasteiger partial charge in [-0.3, -0.25) is 9.69 Å². The first kappa shape index (κ1) is 18.5. The van der Waals surface area contributed by atoms with Crippen LogP contribution in [0.5, 0.6) is 0 Å². The van der Waals surface area contributed by atoms with Crippen molar-refractivity contribution in [1.82, 2.24) is 30.1 Å². The number of hydrogen-bond donors (Lipinski definition) is 1. The molecular formula is C22H28N6O. The summed E-state index contributed by atoms with van der Waals surface area (Å²) in [4.78, 5) is 18.7. The predicted molar refractivity (Wildman–Crippen MR) is 112 cm³/mol. The van der Waals surface area contributed by atoms with Crippen LogP contribution in [0.2, 0.25) is 0 Å². The molecule has 2 aromatic heterocycles. The van der Waals surface area contributed by atoms with Gasteiger partial charge >= 0.3 is 0 Å². The van der Waals surface area contributed by atoms with Gasteiger partial charge in [0.15, 0.2) is 5.82 Å². The molecule has 1 saturated carbocycles. The van der Waals surface area contributed by atoms with Crippen molar-refractivity contribution >= 4 is 10.9 Å². The summed E-state index contributed by atoms with van der Waals surface area (Å²) in [5, 5.41) is 13.9. The van der Waals surface area contributed by atoms with E-state index in [0.717, 1.165) is 61.1 Å². The fourth-order valence-electron chi connectivity index (χ4n) is 4.99. The van der Waals surface area contributed by atoms with E-state index in [4.69, 9.17) is 0 Å². The van der Waals surface area contributed by atoms with Crippen LogP contribution in [0, 0.1) is 13.8 Å². The topological polar surface area (TPSA) is 79.7 Å². The van der Waals surface area contributed by atoms with Crippen molar-refractivity contribution in [3.63, 3.8) is 0 Å². The summed E-state index contributed by atoms with van der Waals surface area (Å²) in [6.07, 6.45) is 6.94. The van der Waals surface area contributed by atoms with Crippen molar-refractivity contribution in [1.29, 1.82) is 0 Å². The summed E-state index contributed by atoms with van der Waals surface area (Å²) in [5.74, 6) is 0.812. The van der Waals surface area contributed by atoms with Crippen molar-refractivity contribution in [2.45, 2.75) is 64.5 Å². The van der Waals surface area contributed by atoms with Gasteiger partial charge in [-0.1, -0.05) is 12.8 Å². The van der Waals surface area contributed by atoms with Crippen LogP contribution in [0.4, 0.5) is 0 Å². The minimum absolute atomic E-state index is 0.0429. The average molecular weight is 393 g/mol. The summed E-state index contributed by atoms with van der Waals surface area (Å²) in [6.45, 7) is 6.11. The molecule has 2 aliphatic rings. The standard InChI is InChI=1S/C22H28N6O/c1-14-11-16-13-18(22(29)23-19(16)12-15(14)2)20(27-9-5-6-10-27)21-24-25-26-28(21)17-7-3-4-8-17/h11-13,17,20H,3-10H2,1-2H3,(H,23,29). The zero-order valence-electron chi connectivity index (χ0n) is 17.2. The molecule has 1 unspecified atom stereocenters. The van der Waals surface area contributed by atoms with Gasteiger partial charge in [0, 0.05) is 11.1 Å². The average Bonchev–Trinajstić information content (AvgIpc) is 3.46. The Balaban J connectivity index is 1.66. The van der Waals surface area contributed by atoms with Crippen LogP contribution in [0.3, 0.4) is 0 Å². The molecule has 1 saturated heterocycles. The molecule has 3 heterocycles. The van der Waals surface area contributed by atoms with Gasteiger partial charge in [-0.05, 0) is 97.8 Å². The van der Waals surface area contributed by atoms with Crippen LogP contribution >= 0.6 is 0 Å². The lowest BCUT2D eigenvalue weighted by molar-refractivity contribution is 0.256. The number of tetrazole rings is 1. The van der Waals surface area contributed by atoms with Gasteiger partial charge in [0.05, 0.1) is 6.04 Å². The molecule has 1 N–H and O–H groups in total. The second kappa shape index (κ2) is 7.37. The molecule has 1 aliphatic heterocycles. The number of aryl methyl sites for hydroxylation is 2. The molecule has 0 radical (unpaired) electrons. The van der Waals surface area contributed by atoms with E-state index in [1.165, 1.54) is 24.0 Å². The molecule has 7 heteroatoms. The van der Waals surface area contributed by atoms with Crippen molar-refractivity contribution in [2.24, 2.45) is 0 Å². The molecular weight excluding hydrogens is 364 g/mol. The lowest BCUT2D eigenvalue weighted by atomic mass is 10.0. The Bertz CT molecular complexity index is 1090. The van der Waals surface area contributed by atoms with Crippen LogP contribution in [0.25, 0.3) is 10.9 Å². The number of nitrogens with zero attached hydrogens (tertiary/aromatic N) is 5. The number of fused-ring (bicyclic) bond motifs is 1. The molecule has 0 bridgehead atoms. The van der Waals surface area contributed by atoms with Crippen LogP contribution < -0.4 is 5.56 Å². The third-order valence-electron chi connectivity index (χ3n) is 6.72. The van der Waals surface area contributed by atoms with Gasteiger partial charge in [-0.2, -0.15) is 0 Å². The summed E-state index contributed by atoms with van der Waals surface area (Å²) in [6, 6.07) is 6.41. The number of likely N-dealkylation sites (tertiary alicyclic amines) is 1. The molecule has 7 nitrogen and oxygen atoms in total. The minimum Gasteiger partial charge on any atom is -0.322 e. The minimum atomic E-state index is -0.206. The molecule has 5 rings (SSSR count). The lowest BCUT2D eigenvalue weighted by Crippen LogP contribution is -2.34. The van der Waals surface area contributed by atoms with Crippen LogP contribution in [-0.2, 0) is 0 Å². The van der Waals surface area contributed by atoms with E-state index in [-0.39, 0.29) is 11.6 Å². The highest BCUT2D eigenvalue weighted by atomic mass is 16.1. The number of hydrogen-bond acceptors (Lipinski definition) is 5. The number of H-pyrrole nitrogens is 1. The summed E-state index contributed by atoms with van der Waals surface area (Å²) < 4.78 is 2.00. The van der Waals surface area contributed by atoms with Crippen molar-refractivity contribution in [3.05, 3.63) is 51.1 Å². The van der Waals surface area contributed by atoms with E-state index >= 15 is 0 Å². The quantitative estimate of drug-likeness (QED) is 0.736. The molecule has 29 heavy (non-hydrogen) atoms. The first-order valence-electron chi connectivity index (χ1n) is 10.8. The Morgan fingerprint density at radius 1 is 1.03 bits per heavy atom. The summed E-state index contributed by atoms with van der Waals surface area (Å²) in [5.41, 5.74) is 4.00. The van der Waals surface area contributed by atoms with E-state index in [2.05, 4.69) is 57.5 Å². The second-order valence-corrected chi connectivity index (χ2v) is 8.64. The van der Waals surface area contributed by atoms with Gasteiger partial charge in [0.2, 0.25) is 0 Å². The third-order valence-corrected chi connectivity index (χ3v) is 6.72. The maximum atomic E-state index is 13.2. The van der Waals surface area contributed by atoms with Gasteiger partial charge in [0.1, 0.15) is 6.04 Å². The number of pyridine rings is 1. The van der Waals surface area contributed by atoms with Crippen molar-refractivity contribution in [3.8, 4) is 0 Å². The van der Waals surface area contributed by atoms with Gasteiger partial charge in [-0.25, -0.2) is 4.68 Å². The third kappa shape index (κ3) is 3.27. The van der Waals surface area contributed by atoms with Crippen molar-refractivity contribution < 1.29 is 0 Å². The van der Waals surface area contributed by atoms with E-state index in [0.29, 0.717) is 6.04 Å². The molecule has 2 fully saturated rings. The van der Waals surface area contributed by atoms with Gasteiger partial charge < -0.3 is 4.98 Å². The maximum Gasteiger partial charge on any atom is 0.253 e. The normalized spacial score (nSPS) is 19.4. The number of aromatic amines is 1. The number of rotatable bonds is 4. The molecule has 1 atom stereocenters. The fourth-order valence-corrected chi connectivity index (χ4v) is 4.99. The van der Waals surface area contributed by atoms with Crippen molar-refractivity contribution in [2.75, 3.05) is 13.1 Å². The van der Waals surface area contributed by atoms with E-state index in [1.807, 2.05) is 4.68 Å². The fraction of sp³-hybridized carbons (Fsp3) is 0.545. The first-order chi connectivity index (χ1) is 14.1. The molecule has 1 aromatic carbocycles. The summed E-state index contributed by atoms with van der Waals surface area (Å²) in [7, 11) is 0. The Labute approximate surface area is 170 Å². The molecule has 3 aromatic rings. The highest BCUT2D eigenvalue weighted by molar-refractivity contribution is 5.81. The van der Waals surface area contributed by atoms with E-state index in [9.17, 15) is 4.79 Å².